The van der Waals surface area contributed by atoms with Gasteiger partial charge in [0.05, 0.1) is 46.3 Å². The molecule has 0 radical (unpaired) electrons. The van der Waals surface area contributed by atoms with Crippen LogP contribution in [-0.2, 0) is 6.54 Å². The van der Waals surface area contributed by atoms with Gasteiger partial charge in [-0.25, -0.2) is 4.98 Å². The van der Waals surface area contributed by atoms with Gasteiger partial charge in [0, 0.05) is 43.9 Å². The lowest BCUT2D eigenvalue weighted by molar-refractivity contribution is 0.102. The van der Waals surface area contributed by atoms with Gasteiger partial charge in [0.1, 0.15) is 5.65 Å². The van der Waals surface area contributed by atoms with E-state index in [0.717, 1.165) is 36.0 Å². The van der Waals surface area contributed by atoms with E-state index in [1.54, 1.807) is 41.9 Å². The molecular formula is C22H23ClN8O. The fourth-order valence-electron chi connectivity index (χ4n) is 4.12. The monoisotopic (exact) mass is 450 g/mol. The van der Waals surface area contributed by atoms with Crippen LogP contribution in [0.5, 0.6) is 0 Å². The third-order valence-corrected chi connectivity index (χ3v) is 5.89. The molecule has 1 atom stereocenters. The minimum atomic E-state index is -0.260. The Hall–Kier alpha value is -3.43. The van der Waals surface area contributed by atoms with Crippen molar-refractivity contribution in [2.75, 3.05) is 23.3 Å². The van der Waals surface area contributed by atoms with Gasteiger partial charge < -0.3 is 20.9 Å². The number of halogens is 1. The van der Waals surface area contributed by atoms with Crippen molar-refractivity contribution >= 4 is 39.9 Å². The maximum Gasteiger partial charge on any atom is 0.258 e. The van der Waals surface area contributed by atoms with Crippen molar-refractivity contribution < 1.29 is 4.79 Å². The molecule has 4 aromatic heterocycles. The molecule has 9 nitrogen and oxygen atoms in total. The summed E-state index contributed by atoms with van der Waals surface area (Å²) in [4.78, 5) is 26.8. The average molecular weight is 451 g/mol. The number of aromatic nitrogens is 5. The Labute approximate surface area is 189 Å². The number of carbonyl (C=O) groups is 1. The fourth-order valence-corrected chi connectivity index (χ4v) is 4.38. The van der Waals surface area contributed by atoms with Crippen molar-refractivity contribution in [3.63, 3.8) is 0 Å². The first-order valence-electron chi connectivity index (χ1n) is 10.5. The molecule has 0 bridgehead atoms. The summed E-state index contributed by atoms with van der Waals surface area (Å²) in [5, 5.41) is 8.60. The van der Waals surface area contributed by atoms with Crippen LogP contribution in [0, 0.1) is 0 Å². The summed E-state index contributed by atoms with van der Waals surface area (Å²) in [5.41, 5.74) is 9.78. The second-order valence-electron chi connectivity index (χ2n) is 7.97. The Bertz CT molecular complexity index is 1250. The first kappa shape index (κ1) is 20.5. The molecular weight excluding hydrogens is 428 g/mol. The molecule has 32 heavy (non-hydrogen) atoms. The minimum Gasteiger partial charge on any atom is -0.368 e. The molecule has 4 N–H and O–H groups in total. The average Bonchev–Trinajstić information content (AvgIpc) is 3.42. The fraction of sp³-hybridized carbons (Fsp3) is 0.273. The van der Waals surface area contributed by atoms with Crippen molar-refractivity contribution in [1.82, 2.24) is 24.7 Å². The third-order valence-electron chi connectivity index (χ3n) is 5.61. The van der Waals surface area contributed by atoms with Crippen molar-refractivity contribution in [2.45, 2.75) is 25.4 Å². The molecule has 1 fully saturated rings. The van der Waals surface area contributed by atoms with E-state index < -0.39 is 0 Å². The highest BCUT2D eigenvalue weighted by atomic mass is 35.5. The zero-order valence-corrected chi connectivity index (χ0v) is 18.1. The first-order valence-corrected chi connectivity index (χ1v) is 10.8. The second-order valence-corrected chi connectivity index (χ2v) is 8.38. The van der Waals surface area contributed by atoms with E-state index >= 15 is 0 Å². The largest absolute Gasteiger partial charge is 0.368 e. The first-order chi connectivity index (χ1) is 15.6. The Kier molecular flexibility index (Phi) is 5.50. The molecule has 1 aliphatic rings. The van der Waals surface area contributed by atoms with E-state index in [-0.39, 0.29) is 11.9 Å². The summed E-state index contributed by atoms with van der Waals surface area (Å²) in [7, 11) is 0. The van der Waals surface area contributed by atoms with Crippen LogP contribution < -0.4 is 16.0 Å². The molecule has 5 heterocycles. The number of rotatable bonds is 5. The minimum absolute atomic E-state index is 0.0886. The highest BCUT2D eigenvalue weighted by molar-refractivity contribution is 6.35. The third kappa shape index (κ3) is 4.04. The van der Waals surface area contributed by atoms with E-state index in [0.29, 0.717) is 35.0 Å². The van der Waals surface area contributed by atoms with Gasteiger partial charge in [-0.15, -0.1) is 0 Å². The molecule has 1 amide bonds. The molecule has 4 aromatic rings. The number of piperidine rings is 1. The van der Waals surface area contributed by atoms with Crippen LogP contribution in [0.15, 0.2) is 49.3 Å². The number of H-pyrrole nitrogens is 1. The van der Waals surface area contributed by atoms with Crippen LogP contribution >= 0.6 is 11.6 Å². The van der Waals surface area contributed by atoms with Gasteiger partial charge in [-0.1, -0.05) is 17.7 Å². The number of hydrogen-bond acceptors (Lipinski definition) is 6. The van der Waals surface area contributed by atoms with Crippen LogP contribution in [0.2, 0.25) is 5.02 Å². The molecule has 1 saturated heterocycles. The Morgan fingerprint density at radius 3 is 3.06 bits per heavy atom. The van der Waals surface area contributed by atoms with Gasteiger partial charge >= 0.3 is 0 Å². The predicted molar refractivity (Wildman–Crippen MR) is 124 cm³/mol. The maximum atomic E-state index is 13.0. The van der Waals surface area contributed by atoms with Gasteiger partial charge in [0.15, 0.2) is 0 Å². The normalized spacial score (nSPS) is 16.4. The highest BCUT2D eigenvalue weighted by Crippen LogP contribution is 2.38. The van der Waals surface area contributed by atoms with E-state index in [2.05, 4.69) is 30.3 Å². The number of nitrogens with one attached hydrogen (secondary N) is 2. The van der Waals surface area contributed by atoms with Crippen molar-refractivity contribution in [3.8, 4) is 0 Å². The molecule has 1 aliphatic heterocycles. The summed E-state index contributed by atoms with van der Waals surface area (Å²) >= 11 is 6.56. The van der Waals surface area contributed by atoms with Gasteiger partial charge in [-0.3, -0.25) is 14.5 Å². The topological polar surface area (TPSA) is 118 Å². The summed E-state index contributed by atoms with van der Waals surface area (Å²) in [5.74, 6) is -0.260. The van der Waals surface area contributed by atoms with E-state index in [9.17, 15) is 4.79 Å². The number of fused-ring (bicyclic) bond motifs is 1. The van der Waals surface area contributed by atoms with Crippen LogP contribution in [0.25, 0.3) is 11.0 Å². The molecule has 0 saturated carbocycles. The summed E-state index contributed by atoms with van der Waals surface area (Å²) in [6.07, 6.45) is 12.1. The van der Waals surface area contributed by atoms with Crippen molar-refractivity contribution in [3.05, 3.63) is 65.5 Å². The lowest BCUT2D eigenvalue weighted by Gasteiger charge is -2.33. The number of amides is 1. The van der Waals surface area contributed by atoms with Gasteiger partial charge in [-0.05, 0) is 24.5 Å². The van der Waals surface area contributed by atoms with Crippen LogP contribution in [-0.4, -0.2) is 49.8 Å². The number of pyridine rings is 2. The Morgan fingerprint density at radius 2 is 2.25 bits per heavy atom. The smallest absolute Gasteiger partial charge is 0.258 e. The molecule has 10 heteroatoms. The summed E-state index contributed by atoms with van der Waals surface area (Å²) in [6, 6.07) is 3.92. The van der Waals surface area contributed by atoms with E-state index in [4.69, 9.17) is 17.3 Å². The number of anilines is 2. The second kappa shape index (κ2) is 8.60. The molecule has 164 valence electrons. The Balaban J connectivity index is 1.41. The molecule has 0 aromatic carbocycles. The lowest BCUT2D eigenvalue weighted by Crippen LogP contribution is -2.43. The van der Waals surface area contributed by atoms with Gasteiger partial charge in [0.2, 0.25) is 0 Å². The zero-order valence-electron chi connectivity index (χ0n) is 17.3. The van der Waals surface area contributed by atoms with Crippen molar-refractivity contribution in [1.29, 1.82) is 0 Å². The summed E-state index contributed by atoms with van der Waals surface area (Å²) < 4.78 is 1.71. The van der Waals surface area contributed by atoms with Crippen LogP contribution in [0.4, 0.5) is 11.4 Å². The number of aromatic amines is 1. The lowest BCUT2D eigenvalue weighted by atomic mass is 10.1. The Morgan fingerprint density at radius 1 is 1.34 bits per heavy atom. The molecule has 0 unspecified atom stereocenters. The van der Waals surface area contributed by atoms with Crippen LogP contribution in [0.1, 0.15) is 28.8 Å². The van der Waals surface area contributed by atoms with Crippen molar-refractivity contribution in [2.24, 2.45) is 5.73 Å². The SMILES string of the molecule is N[C@@H]1CCCN(c2c(Cl)cnc3[nH]cc(NC(=O)c4cnn(Cc5cccnc5)c4)c23)C1. The number of hydrogen-bond donors (Lipinski definition) is 3. The van der Waals surface area contributed by atoms with E-state index in [1.165, 1.54) is 0 Å². The quantitative estimate of drug-likeness (QED) is 0.430. The van der Waals surface area contributed by atoms with Gasteiger partial charge in [0.25, 0.3) is 5.91 Å². The summed E-state index contributed by atoms with van der Waals surface area (Å²) in [6.45, 7) is 2.10. The number of nitrogens with two attached hydrogens (primary N) is 1. The molecule has 0 aliphatic carbocycles. The standard InChI is InChI=1S/C22H23ClN8O/c23-17-9-26-21-19(20(17)30-6-2-4-16(24)13-30)18(10-27-21)29-22(32)15-8-28-31(12-15)11-14-3-1-5-25-7-14/h1,3,5,7-10,12,16H,2,4,6,11,13,24H2,(H,26,27)(H,29,32)/t16-/m1/s1. The predicted octanol–water partition coefficient (Wildman–Crippen LogP) is 3.04. The highest BCUT2D eigenvalue weighted by Gasteiger charge is 2.24. The molecule has 5 rings (SSSR count). The van der Waals surface area contributed by atoms with Gasteiger partial charge in [-0.2, -0.15) is 5.10 Å². The maximum absolute atomic E-state index is 13.0. The molecule has 0 spiro atoms. The van der Waals surface area contributed by atoms with Crippen LogP contribution in [0.3, 0.4) is 0 Å². The number of nitrogens with zero attached hydrogens (tertiary/aromatic N) is 5. The number of carbonyl (C=O) groups excluding carboxylic acids is 1. The zero-order chi connectivity index (χ0) is 22.1. The van der Waals surface area contributed by atoms with E-state index in [1.807, 2.05) is 12.1 Å².